The fourth-order valence-corrected chi connectivity index (χ4v) is 3.80. The van der Waals surface area contributed by atoms with Crippen LogP contribution in [0.5, 0.6) is 0 Å². The molecule has 4 rings (SSSR count). The molecule has 2 atom stereocenters. The van der Waals surface area contributed by atoms with Gasteiger partial charge in [0.15, 0.2) is 0 Å². The van der Waals surface area contributed by atoms with Crippen molar-refractivity contribution in [1.29, 1.82) is 0 Å². The van der Waals surface area contributed by atoms with Crippen LogP contribution < -0.4 is 5.32 Å². The maximum atomic E-state index is 12.2. The lowest BCUT2D eigenvalue weighted by molar-refractivity contribution is -0.143. The summed E-state index contributed by atoms with van der Waals surface area (Å²) in [4.78, 5) is 15.7. The first kappa shape index (κ1) is 15.9. The maximum absolute atomic E-state index is 12.2. The van der Waals surface area contributed by atoms with Crippen molar-refractivity contribution in [3.05, 3.63) is 71.4 Å². The molecule has 1 aliphatic heterocycles. The van der Waals surface area contributed by atoms with Gasteiger partial charge < -0.3 is 9.72 Å². The average Bonchev–Trinajstić information content (AvgIpc) is 3.05. The fraction of sp³-hybridized carbons (Fsp3) is 0.286. The summed E-state index contributed by atoms with van der Waals surface area (Å²) < 4.78 is 4.99. The first-order valence-electron chi connectivity index (χ1n) is 8.73. The second-order valence-electron chi connectivity index (χ2n) is 6.59. The normalized spacial score (nSPS) is 19.6. The van der Waals surface area contributed by atoms with Crippen LogP contribution >= 0.6 is 0 Å². The molecular weight excluding hydrogens is 312 g/mol. The minimum Gasteiger partial charge on any atom is -0.468 e. The number of H-pyrrole nitrogens is 1. The third-order valence-corrected chi connectivity index (χ3v) is 5.06. The van der Waals surface area contributed by atoms with Crippen molar-refractivity contribution in [2.24, 2.45) is 0 Å². The van der Waals surface area contributed by atoms with E-state index >= 15 is 0 Å². The molecule has 0 fully saturated rings. The molecule has 0 saturated carbocycles. The Hall–Kier alpha value is -2.59. The van der Waals surface area contributed by atoms with Crippen LogP contribution in [0.1, 0.15) is 29.3 Å². The third-order valence-electron chi connectivity index (χ3n) is 5.06. The number of para-hydroxylation sites is 1. The molecular formula is C21H22N2O2. The Kier molecular flexibility index (Phi) is 4.28. The number of aromatic nitrogens is 1. The van der Waals surface area contributed by atoms with Crippen LogP contribution in [0.3, 0.4) is 0 Å². The topological polar surface area (TPSA) is 54.1 Å². The number of carbonyl (C=O) groups excluding carboxylic acids is 1. The minimum absolute atomic E-state index is 0.112. The van der Waals surface area contributed by atoms with Gasteiger partial charge in [0.2, 0.25) is 0 Å². The molecule has 0 amide bonds. The zero-order valence-corrected chi connectivity index (χ0v) is 14.3. The van der Waals surface area contributed by atoms with E-state index in [4.69, 9.17) is 4.74 Å². The standard InChI is InChI=1S/C21H22N2O2/c1-25-21(24)19-13-16-15-9-5-6-10-17(15)23-20(16)18(22-19)12-11-14-7-3-2-4-8-14/h2-10,18-19,22-23H,11-13H2,1H3/t18-,19-/m0/s1. The predicted molar refractivity (Wildman–Crippen MR) is 98.4 cm³/mol. The van der Waals surface area contributed by atoms with Crippen LogP contribution in [0.15, 0.2) is 54.6 Å². The SMILES string of the molecule is COC(=O)[C@@H]1Cc2c([nH]c3ccccc23)[C@H](CCc2ccccc2)N1. The van der Waals surface area contributed by atoms with Gasteiger partial charge in [0.05, 0.1) is 7.11 Å². The van der Waals surface area contributed by atoms with Crippen LogP contribution in [-0.4, -0.2) is 24.1 Å². The number of esters is 1. The zero-order valence-electron chi connectivity index (χ0n) is 14.3. The highest BCUT2D eigenvalue weighted by Crippen LogP contribution is 2.34. The molecule has 0 bridgehead atoms. The van der Waals surface area contributed by atoms with Crippen LogP contribution in [0.4, 0.5) is 0 Å². The quantitative estimate of drug-likeness (QED) is 0.718. The van der Waals surface area contributed by atoms with E-state index in [1.54, 1.807) is 0 Å². The van der Waals surface area contributed by atoms with Crippen molar-refractivity contribution in [3.63, 3.8) is 0 Å². The summed E-state index contributed by atoms with van der Waals surface area (Å²) in [6, 6.07) is 18.6. The lowest BCUT2D eigenvalue weighted by atomic mass is 9.91. The predicted octanol–water partition coefficient (Wildman–Crippen LogP) is 3.53. The number of rotatable bonds is 4. The number of benzene rings is 2. The Morgan fingerprint density at radius 3 is 2.68 bits per heavy atom. The number of aryl methyl sites for hydroxylation is 1. The van der Waals surface area contributed by atoms with Crippen molar-refractivity contribution in [1.82, 2.24) is 10.3 Å². The van der Waals surface area contributed by atoms with Gasteiger partial charge in [-0.2, -0.15) is 0 Å². The summed E-state index contributed by atoms with van der Waals surface area (Å²) in [5.74, 6) is -0.194. The number of carbonyl (C=O) groups is 1. The number of methoxy groups -OCH3 is 1. The van der Waals surface area contributed by atoms with E-state index in [1.807, 2.05) is 18.2 Å². The van der Waals surface area contributed by atoms with Crippen molar-refractivity contribution < 1.29 is 9.53 Å². The molecule has 2 heterocycles. The molecule has 3 aromatic rings. The van der Waals surface area contributed by atoms with E-state index in [-0.39, 0.29) is 18.1 Å². The molecule has 1 aromatic heterocycles. The van der Waals surface area contributed by atoms with Gasteiger partial charge in [-0.15, -0.1) is 0 Å². The first-order chi connectivity index (χ1) is 12.3. The molecule has 0 aliphatic carbocycles. The Balaban J connectivity index is 1.66. The second kappa shape index (κ2) is 6.73. The summed E-state index contributed by atoms with van der Waals surface area (Å²) in [5.41, 5.74) is 4.88. The molecule has 2 aromatic carbocycles. The maximum Gasteiger partial charge on any atom is 0.323 e. The Bertz CT molecular complexity index is 885. The van der Waals surface area contributed by atoms with Crippen molar-refractivity contribution in [3.8, 4) is 0 Å². The molecule has 128 valence electrons. The Morgan fingerprint density at radius 1 is 1.12 bits per heavy atom. The lowest BCUT2D eigenvalue weighted by Crippen LogP contribution is -2.45. The lowest BCUT2D eigenvalue weighted by Gasteiger charge is -2.30. The second-order valence-corrected chi connectivity index (χ2v) is 6.59. The minimum atomic E-state index is -0.294. The summed E-state index contributed by atoms with van der Waals surface area (Å²) in [7, 11) is 1.45. The van der Waals surface area contributed by atoms with Gasteiger partial charge in [-0.1, -0.05) is 48.5 Å². The van der Waals surface area contributed by atoms with E-state index in [0.29, 0.717) is 6.42 Å². The number of aromatic amines is 1. The summed E-state index contributed by atoms with van der Waals surface area (Å²) in [6.07, 6.45) is 2.55. The van der Waals surface area contributed by atoms with Gasteiger partial charge in [0, 0.05) is 29.1 Å². The van der Waals surface area contributed by atoms with Crippen LogP contribution in [0.2, 0.25) is 0 Å². The first-order valence-corrected chi connectivity index (χ1v) is 8.73. The largest absolute Gasteiger partial charge is 0.468 e. The summed E-state index contributed by atoms with van der Waals surface area (Å²) >= 11 is 0. The molecule has 2 N–H and O–H groups in total. The molecule has 0 saturated heterocycles. The summed E-state index contributed by atoms with van der Waals surface area (Å²) in [5, 5.41) is 4.69. The van der Waals surface area contributed by atoms with E-state index in [0.717, 1.165) is 18.4 Å². The highest BCUT2D eigenvalue weighted by molar-refractivity contribution is 5.87. The molecule has 0 radical (unpaired) electrons. The molecule has 25 heavy (non-hydrogen) atoms. The molecule has 0 spiro atoms. The summed E-state index contributed by atoms with van der Waals surface area (Å²) in [6.45, 7) is 0. The van der Waals surface area contributed by atoms with Gasteiger partial charge in [0.1, 0.15) is 6.04 Å². The number of hydrogen-bond acceptors (Lipinski definition) is 3. The average molecular weight is 334 g/mol. The Labute approximate surface area is 147 Å². The van der Waals surface area contributed by atoms with Gasteiger partial charge in [0.25, 0.3) is 0 Å². The van der Waals surface area contributed by atoms with Crippen LogP contribution in [0, 0.1) is 0 Å². The number of nitrogens with one attached hydrogen (secondary N) is 2. The third kappa shape index (κ3) is 3.05. The van der Waals surface area contributed by atoms with Crippen molar-refractivity contribution >= 4 is 16.9 Å². The van der Waals surface area contributed by atoms with Gasteiger partial charge in [-0.3, -0.25) is 10.1 Å². The highest BCUT2D eigenvalue weighted by atomic mass is 16.5. The highest BCUT2D eigenvalue weighted by Gasteiger charge is 2.33. The number of hydrogen-bond donors (Lipinski definition) is 2. The van der Waals surface area contributed by atoms with E-state index in [2.05, 4.69) is 46.7 Å². The van der Waals surface area contributed by atoms with Crippen LogP contribution in [-0.2, 0) is 22.4 Å². The van der Waals surface area contributed by atoms with E-state index in [1.165, 1.54) is 29.3 Å². The fourth-order valence-electron chi connectivity index (χ4n) is 3.80. The van der Waals surface area contributed by atoms with Crippen molar-refractivity contribution in [2.45, 2.75) is 31.3 Å². The molecule has 0 unspecified atom stereocenters. The Morgan fingerprint density at radius 2 is 1.88 bits per heavy atom. The number of ether oxygens (including phenoxy) is 1. The molecule has 4 heteroatoms. The number of fused-ring (bicyclic) bond motifs is 3. The van der Waals surface area contributed by atoms with E-state index < -0.39 is 0 Å². The van der Waals surface area contributed by atoms with E-state index in [9.17, 15) is 4.79 Å². The van der Waals surface area contributed by atoms with Crippen molar-refractivity contribution in [2.75, 3.05) is 7.11 Å². The van der Waals surface area contributed by atoms with Gasteiger partial charge in [-0.25, -0.2) is 0 Å². The zero-order chi connectivity index (χ0) is 17.2. The van der Waals surface area contributed by atoms with Gasteiger partial charge in [-0.05, 0) is 30.0 Å². The smallest absolute Gasteiger partial charge is 0.323 e. The molecule has 1 aliphatic rings. The molecule has 4 nitrogen and oxygen atoms in total. The van der Waals surface area contributed by atoms with Crippen LogP contribution in [0.25, 0.3) is 10.9 Å². The monoisotopic (exact) mass is 334 g/mol. The van der Waals surface area contributed by atoms with Gasteiger partial charge >= 0.3 is 5.97 Å².